The first-order valence-electron chi connectivity index (χ1n) is 7.40. The number of carbonyl (C=O) groups excluding carboxylic acids is 1. The van der Waals surface area contributed by atoms with Crippen molar-refractivity contribution in [3.8, 4) is 5.75 Å². The third-order valence-electron chi connectivity index (χ3n) is 2.96. The standard InChI is InChI=1S/C16H25BrN2O2/c1-5-9-18-16(20)12(4)21-15-13(10-19-11(2)3)7-6-8-14(15)17/h6-8,11-12,19H,5,9-10H2,1-4H3,(H,18,20). The van der Waals surface area contributed by atoms with Crippen molar-refractivity contribution >= 4 is 21.8 Å². The summed E-state index contributed by atoms with van der Waals surface area (Å²) in [4.78, 5) is 11.9. The summed E-state index contributed by atoms with van der Waals surface area (Å²) in [5.41, 5.74) is 1.04. The predicted octanol–water partition coefficient (Wildman–Crippen LogP) is 3.24. The average Bonchev–Trinajstić information content (AvgIpc) is 2.45. The molecule has 0 radical (unpaired) electrons. The minimum Gasteiger partial charge on any atom is -0.479 e. The van der Waals surface area contributed by atoms with E-state index in [-0.39, 0.29) is 5.91 Å². The first-order valence-corrected chi connectivity index (χ1v) is 8.20. The lowest BCUT2D eigenvalue weighted by Gasteiger charge is -2.19. The fraction of sp³-hybridized carbons (Fsp3) is 0.562. The SMILES string of the molecule is CCCNC(=O)C(C)Oc1c(Br)cccc1CNC(C)C. The van der Waals surface area contributed by atoms with Gasteiger partial charge in [0.1, 0.15) is 5.75 Å². The maximum absolute atomic E-state index is 11.9. The molecule has 1 unspecified atom stereocenters. The van der Waals surface area contributed by atoms with Gasteiger partial charge in [-0.15, -0.1) is 0 Å². The van der Waals surface area contributed by atoms with E-state index in [1.807, 2.05) is 25.1 Å². The van der Waals surface area contributed by atoms with Crippen molar-refractivity contribution in [2.75, 3.05) is 6.54 Å². The molecule has 0 heterocycles. The fourth-order valence-corrected chi connectivity index (χ4v) is 2.26. The van der Waals surface area contributed by atoms with Gasteiger partial charge in [0.2, 0.25) is 0 Å². The number of hydrogen-bond acceptors (Lipinski definition) is 3. The molecule has 5 heteroatoms. The molecule has 118 valence electrons. The second-order valence-corrected chi connectivity index (χ2v) is 6.17. The van der Waals surface area contributed by atoms with Gasteiger partial charge in [-0.1, -0.05) is 32.9 Å². The largest absolute Gasteiger partial charge is 0.479 e. The Kier molecular flexibility index (Phi) is 7.75. The Hall–Kier alpha value is -1.07. The minimum absolute atomic E-state index is 0.0876. The minimum atomic E-state index is -0.520. The summed E-state index contributed by atoms with van der Waals surface area (Å²) in [6, 6.07) is 6.29. The number of benzene rings is 1. The van der Waals surface area contributed by atoms with Crippen molar-refractivity contribution in [2.45, 2.75) is 52.8 Å². The molecule has 1 atom stereocenters. The Morgan fingerprint density at radius 2 is 2.05 bits per heavy atom. The van der Waals surface area contributed by atoms with Crippen LogP contribution in [0.2, 0.25) is 0 Å². The summed E-state index contributed by atoms with van der Waals surface area (Å²) in [5, 5.41) is 6.21. The highest BCUT2D eigenvalue weighted by Gasteiger charge is 2.17. The smallest absolute Gasteiger partial charge is 0.260 e. The molecule has 0 saturated heterocycles. The van der Waals surface area contributed by atoms with Crippen LogP contribution in [0.4, 0.5) is 0 Å². The summed E-state index contributed by atoms with van der Waals surface area (Å²) in [6.45, 7) is 9.36. The first kappa shape index (κ1) is 18.0. The van der Waals surface area contributed by atoms with Crippen molar-refractivity contribution in [3.63, 3.8) is 0 Å². The number of ether oxygens (including phenoxy) is 1. The van der Waals surface area contributed by atoms with E-state index in [9.17, 15) is 4.79 Å². The third kappa shape index (κ3) is 6.06. The average molecular weight is 357 g/mol. The topological polar surface area (TPSA) is 50.4 Å². The Morgan fingerprint density at radius 3 is 2.67 bits per heavy atom. The highest BCUT2D eigenvalue weighted by Crippen LogP contribution is 2.30. The summed E-state index contributed by atoms with van der Waals surface area (Å²) in [5.74, 6) is 0.639. The van der Waals surface area contributed by atoms with Gasteiger partial charge >= 0.3 is 0 Å². The molecule has 0 fully saturated rings. The molecule has 1 rings (SSSR count). The van der Waals surface area contributed by atoms with E-state index in [2.05, 4.69) is 40.4 Å². The summed E-state index contributed by atoms with van der Waals surface area (Å²) in [7, 11) is 0. The molecule has 4 nitrogen and oxygen atoms in total. The summed E-state index contributed by atoms with van der Waals surface area (Å²) in [6.07, 6.45) is 0.393. The number of hydrogen-bond donors (Lipinski definition) is 2. The molecule has 0 aliphatic rings. The van der Waals surface area contributed by atoms with E-state index < -0.39 is 6.10 Å². The van der Waals surface area contributed by atoms with Gasteiger partial charge in [-0.05, 0) is 35.3 Å². The van der Waals surface area contributed by atoms with Crippen LogP contribution >= 0.6 is 15.9 Å². The van der Waals surface area contributed by atoms with Crippen LogP contribution in [-0.2, 0) is 11.3 Å². The molecule has 0 spiro atoms. The monoisotopic (exact) mass is 356 g/mol. The van der Waals surface area contributed by atoms with Gasteiger partial charge in [-0.3, -0.25) is 4.79 Å². The maximum Gasteiger partial charge on any atom is 0.260 e. The predicted molar refractivity (Wildman–Crippen MR) is 89.5 cm³/mol. The molecule has 0 aliphatic carbocycles. The van der Waals surface area contributed by atoms with Gasteiger partial charge in [-0.25, -0.2) is 0 Å². The Labute approximate surface area is 135 Å². The molecule has 2 N–H and O–H groups in total. The maximum atomic E-state index is 11.9. The van der Waals surface area contributed by atoms with Gasteiger partial charge in [0, 0.05) is 24.7 Å². The van der Waals surface area contributed by atoms with Crippen LogP contribution in [0.1, 0.15) is 39.7 Å². The van der Waals surface area contributed by atoms with Crippen LogP contribution in [0, 0.1) is 0 Å². The highest BCUT2D eigenvalue weighted by atomic mass is 79.9. The zero-order valence-electron chi connectivity index (χ0n) is 13.2. The van der Waals surface area contributed by atoms with Crippen molar-refractivity contribution in [3.05, 3.63) is 28.2 Å². The van der Waals surface area contributed by atoms with Crippen LogP contribution in [-0.4, -0.2) is 24.6 Å². The van der Waals surface area contributed by atoms with E-state index in [1.165, 1.54) is 0 Å². The molecule has 1 amide bonds. The lowest BCUT2D eigenvalue weighted by Crippen LogP contribution is -2.37. The molecule has 1 aromatic carbocycles. The fourth-order valence-electron chi connectivity index (χ4n) is 1.76. The molecule has 0 aliphatic heterocycles. The zero-order valence-corrected chi connectivity index (χ0v) is 14.8. The van der Waals surface area contributed by atoms with Crippen LogP contribution in [0.5, 0.6) is 5.75 Å². The first-order chi connectivity index (χ1) is 9.95. The van der Waals surface area contributed by atoms with E-state index in [4.69, 9.17) is 4.74 Å². The molecular formula is C16H25BrN2O2. The second kappa shape index (κ2) is 9.05. The van der Waals surface area contributed by atoms with Gasteiger partial charge in [0.25, 0.3) is 5.91 Å². The Bertz CT molecular complexity index is 464. The lowest BCUT2D eigenvalue weighted by molar-refractivity contribution is -0.127. The molecule has 0 aromatic heterocycles. The quantitative estimate of drug-likeness (QED) is 0.751. The number of rotatable bonds is 8. The van der Waals surface area contributed by atoms with E-state index in [0.717, 1.165) is 22.2 Å². The summed E-state index contributed by atoms with van der Waals surface area (Å²) < 4.78 is 6.73. The summed E-state index contributed by atoms with van der Waals surface area (Å²) >= 11 is 3.50. The van der Waals surface area contributed by atoms with Crippen LogP contribution in [0.25, 0.3) is 0 Å². The Morgan fingerprint density at radius 1 is 1.33 bits per heavy atom. The van der Waals surface area contributed by atoms with Crippen LogP contribution < -0.4 is 15.4 Å². The van der Waals surface area contributed by atoms with Gasteiger partial charge in [0.05, 0.1) is 4.47 Å². The van der Waals surface area contributed by atoms with Crippen molar-refractivity contribution in [1.82, 2.24) is 10.6 Å². The molecule has 0 bridgehead atoms. The molecule has 21 heavy (non-hydrogen) atoms. The van der Waals surface area contributed by atoms with Gasteiger partial charge in [0.15, 0.2) is 6.10 Å². The normalized spacial score (nSPS) is 12.3. The zero-order chi connectivity index (χ0) is 15.8. The molecule has 1 aromatic rings. The van der Waals surface area contributed by atoms with Gasteiger partial charge in [-0.2, -0.15) is 0 Å². The van der Waals surface area contributed by atoms with E-state index in [1.54, 1.807) is 6.92 Å². The van der Waals surface area contributed by atoms with Crippen molar-refractivity contribution < 1.29 is 9.53 Å². The number of para-hydroxylation sites is 1. The number of amides is 1. The van der Waals surface area contributed by atoms with E-state index in [0.29, 0.717) is 19.1 Å². The van der Waals surface area contributed by atoms with Crippen LogP contribution in [0.3, 0.4) is 0 Å². The van der Waals surface area contributed by atoms with Crippen LogP contribution in [0.15, 0.2) is 22.7 Å². The number of halogens is 1. The van der Waals surface area contributed by atoms with Gasteiger partial charge < -0.3 is 15.4 Å². The number of carbonyl (C=O) groups is 1. The molecule has 0 saturated carbocycles. The number of nitrogens with one attached hydrogen (secondary N) is 2. The van der Waals surface area contributed by atoms with E-state index >= 15 is 0 Å². The van der Waals surface area contributed by atoms with Crippen molar-refractivity contribution in [1.29, 1.82) is 0 Å². The third-order valence-corrected chi connectivity index (χ3v) is 3.59. The Balaban J connectivity index is 2.78. The second-order valence-electron chi connectivity index (χ2n) is 5.31. The van der Waals surface area contributed by atoms with Crippen molar-refractivity contribution in [2.24, 2.45) is 0 Å². The lowest BCUT2D eigenvalue weighted by atomic mass is 10.2. The highest BCUT2D eigenvalue weighted by molar-refractivity contribution is 9.10. The molecular weight excluding hydrogens is 332 g/mol.